The highest BCUT2D eigenvalue weighted by molar-refractivity contribution is 5.44. The molecule has 1 aromatic rings. The van der Waals surface area contributed by atoms with Crippen molar-refractivity contribution in [1.82, 2.24) is 4.98 Å². The van der Waals surface area contributed by atoms with Gasteiger partial charge in [-0.25, -0.2) is 4.98 Å². The van der Waals surface area contributed by atoms with Crippen LogP contribution >= 0.6 is 0 Å². The molecule has 0 saturated heterocycles. The third-order valence-corrected chi connectivity index (χ3v) is 3.02. The summed E-state index contributed by atoms with van der Waals surface area (Å²) < 4.78 is 5.68. The summed E-state index contributed by atoms with van der Waals surface area (Å²) in [6.45, 7) is 1.22. The summed E-state index contributed by atoms with van der Waals surface area (Å²) in [6, 6.07) is 2.80. The lowest BCUT2D eigenvalue weighted by Gasteiger charge is -2.11. The fourth-order valence-electron chi connectivity index (χ4n) is 2.09. The molecule has 1 aliphatic carbocycles. The van der Waals surface area contributed by atoms with Crippen LogP contribution in [-0.4, -0.2) is 29.2 Å². The Labute approximate surface area is 106 Å². The number of hydrogen-bond donors (Lipinski definition) is 1. The van der Waals surface area contributed by atoms with Crippen LogP contribution in [0.5, 0.6) is 0 Å². The Hall–Kier alpha value is -1.69. The van der Waals surface area contributed by atoms with Crippen LogP contribution < -0.4 is 5.32 Å². The second-order valence-corrected chi connectivity index (χ2v) is 4.36. The minimum atomic E-state index is -0.429. The standard InChI is InChI=1S/C12H17N3O3/c16-15(17)10-5-6-13-12(9-10)14-7-8-18-11-3-1-2-4-11/h5-6,9,11H,1-4,7-8H2,(H,13,14). The van der Waals surface area contributed by atoms with Gasteiger partial charge in [0.15, 0.2) is 0 Å². The summed E-state index contributed by atoms with van der Waals surface area (Å²) in [7, 11) is 0. The Morgan fingerprint density at radius 1 is 1.50 bits per heavy atom. The molecule has 0 amide bonds. The van der Waals surface area contributed by atoms with Gasteiger partial charge in [0.05, 0.1) is 23.7 Å². The fraction of sp³-hybridized carbons (Fsp3) is 0.583. The molecule has 1 aliphatic rings. The highest BCUT2D eigenvalue weighted by Crippen LogP contribution is 2.20. The third kappa shape index (κ3) is 3.66. The minimum absolute atomic E-state index is 0.0456. The first-order valence-electron chi connectivity index (χ1n) is 6.21. The molecule has 6 nitrogen and oxygen atoms in total. The monoisotopic (exact) mass is 251 g/mol. The van der Waals surface area contributed by atoms with Crippen molar-refractivity contribution in [1.29, 1.82) is 0 Å². The Morgan fingerprint density at radius 2 is 2.28 bits per heavy atom. The topological polar surface area (TPSA) is 77.3 Å². The molecule has 18 heavy (non-hydrogen) atoms. The smallest absolute Gasteiger partial charge is 0.274 e. The predicted octanol–water partition coefficient (Wildman–Crippen LogP) is 2.36. The van der Waals surface area contributed by atoms with E-state index in [0.29, 0.717) is 25.1 Å². The van der Waals surface area contributed by atoms with Gasteiger partial charge in [-0.1, -0.05) is 12.8 Å². The van der Waals surface area contributed by atoms with E-state index in [9.17, 15) is 10.1 Å². The summed E-state index contributed by atoms with van der Waals surface area (Å²) in [6.07, 6.45) is 6.63. The zero-order chi connectivity index (χ0) is 12.8. The highest BCUT2D eigenvalue weighted by atomic mass is 16.6. The molecule has 0 bridgehead atoms. The molecule has 0 aromatic carbocycles. The molecule has 1 aromatic heterocycles. The lowest BCUT2D eigenvalue weighted by Crippen LogP contribution is -2.15. The van der Waals surface area contributed by atoms with Crippen molar-refractivity contribution in [2.45, 2.75) is 31.8 Å². The number of pyridine rings is 1. The lowest BCUT2D eigenvalue weighted by molar-refractivity contribution is -0.384. The van der Waals surface area contributed by atoms with Gasteiger partial charge in [0.25, 0.3) is 5.69 Å². The number of nitrogens with one attached hydrogen (secondary N) is 1. The Balaban J connectivity index is 1.72. The van der Waals surface area contributed by atoms with E-state index in [4.69, 9.17) is 4.74 Å². The SMILES string of the molecule is O=[N+]([O-])c1ccnc(NCCOC2CCCC2)c1. The maximum absolute atomic E-state index is 10.6. The van der Waals surface area contributed by atoms with Gasteiger partial charge >= 0.3 is 0 Å². The maximum atomic E-state index is 10.6. The van der Waals surface area contributed by atoms with Crippen LogP contribution in [0.3, 0.4) is 0 Å². The molecule has 0 aliphatic heterocycles. The van der Waals surface area contributed by atoms with Crippen molar-refractivity contribution >= 4 is 11.5 Å². The van der Waals surface area contributed by atoms with Crippen molar-refractivity contribution in [2.24, 2.45) is 0 Å². The van der Waals surface area contributed by atoms with Crippen LogP contribution in [0.1, 0.15) is 25.7 Å². The number of nitro groups is 1. The van der Waals surface area contributed by atoms with Crippen molar-refractivity contribution in [3.63, 3.8) is 0 Å². The van der Waals surface area contributed by atoms with Crippen LogP contribution in [0, 0.1) is 10.1 Å². The summed E-state index contributed by atoms with van der Waals surface area (Å²) in [5.41, 5.74) is 0.0456. The third-order valence-electron chi connectivity index (χ3n) is 3.02. The fourth-order valence-corrected chi connectivity index (χ4v) is 2.09. The number of ether oxygens (including phenoxy) is 1. The summed E-state index contributed by atoms with van der Waals surface area (Å²) in [5, 5.41) is 13.6. The average molecular weight is 251 g/mol. The number of aromatic nitrogens is 1. The largest absolute Gasteiger partial charge is 0.376 e. The molecular weight excluding hydrogens is 234 g/mol. The highest BCUT2D eigenvalue weighted by Gasteiger charge is 2.14. The number of nitrogens with zero attached hydrogens (tertiary/aromatic N) is 2. The van der Waals surface area contributed by atoms with Gasteiger partial charge in [0, 0.05) is 18.8 Å². The number of rotatable bonds is 6. The van der Waals surface area contributed by atoms with E-state index in [-0.39, 0.29) is 5.69 Å². The van der Waals surface area contributed by atoms with Gasteiger partial charge in [-0.15, -0.1) is 0 Å². The molecule has 2 rings (SSSR count). The molecule has 0 spiro atoms. The van der Waals surface area contributed by atoms with Gasteiger partial charge in [-0.05, 0) is 12.8 Å². The van der Waals surface area contributed by atoms with Gasteiger partial charge < -0.3 is 10.1 Å². The molecule has 1 saturated carbocycles. The van der Waals surface area contributed by atoms with Crippen molar-refractivity contribution < 1.29 is 9.66 Å². The lowest BCUT2D eigenvalue weighted by atomic mass is 10.3. The summed E-state index contributed by atoms with van der Waals surface area (Å²) in [4.78, 5) is 14.2. The summed E-state index contributed by atoms with van der Waals surface area (Å²) in [5.74, 6) is 0.513. The Morgan fingerprint density at radius 3 is 3.00 bits per heavy atom. The zero-order valence-electron chi connectivity index (χ0n) is 10.2. The molecule has 1 N–H and O–H groups in total. The molecule has 6 heteroatoms. The molecular formula is C12H17N3O3. The van der Waals surface area contributed by atoms with Crippen LogP contribution in [0.25, 0.3) is 0 Å². The van der Waals surface area contributed by atoms with Gasteiger partial charge in [0.2, 0.25) is 0 Å². The Bertz CT molecular complexity index is 405. The van der Waals surface area contributed by atoms with Crippen LogP contribution in [-0.2, 0) is 4.74 Å². The summed E-state index contributed by atoms with van der Waals surface area (Å²) >= 11 is 0. The van der Waals surface area contributed by atoms with E-state index in [1.54, 1.807) is 0 Å². The van der Waals surface area contributed by atoms with Crippen molar-refractivity contribution in [3.05, 3.63) is 28.4 Å². The first kappa shape index (κ1) is 12.8. The van der Waals surface area contributed by atoms with Gasteiger partial charge in [-0.3, -0.25) is 10.1 Å². The predicted molar refractivity (Wildman–Crippen MR) is 67.6 cm³/mol. The first-order valence-corrected chi connectivity index (χ1v) is 6.21. The van der Waals surface area contributed by atoms with Crippen molar-refractivity contribution in [3.8, 4) is 0 Å². The number of anilines is 1. The average Bonchev–Trinajstić information content (AvgIpc) is 2.88. The quantitative estimate of drug-likeness (QED) is 0.477. The number of hydrogen-bond acceptors (Lipinski definition) is 5. The van der Waals surface area contributed by atoms with E-state index < -0.39 is 4.92 Å². The zero-order valence-corrected chi connectivity index (χ0v) is 10.2. The molecule has 0 unspecified atom stereocenters. The molecule has 98 valence electrons. The van der Waals surface area contributed by atoms with E-state index >= 15 is 0 Å². The molecule has 0 radical (unpaired) electrons. The Kier molecular flexibility index (Phi) is 4.46. The molecule has 0 atom stereocenters. The van der Waals surface area contributed by atoms with E-state index in [1.165, 1.54) is 31.2 Å². The first-order chi connectivity index (χ1) is 8.75. The van der Waals surface area contributed by atoms with E-state index in [0.717, 1.165) is 12.8 Å². The molecule has 1 heterocycles. The van der Waals surface area contributed by atoms with Gasteiger partial charge in [-0.2, -0.15) is 0 Å². The normalized spacial score (nSPS) is 15.8. The van der Waals surface area contributed by atoms with Crippen LogP contribution in [0.2, 0.25) is 0 Å². The van der Waals surface area contributed by atoms with Crippen LogP contribution in [0.15, 0.2) is 18.3 Å². The van der Waals surface area contributed by atoms with E-state index in [1.807, 2.05) is 0 Å². The molecule has 1 fully saturated rings. The van der Waals surface area contributed by atoms with Crippen molar-refractivity contribution in [2.75, 3.05) is 18.5 Å². The minimum Gasteiger partial charge on any atom is -0.376 e. The maximum Gasteiger partial charge on any atom is 0.274 e. The second-order valence-electron chi connectivity index (χ2n) is 4.36. The van der Waals surface area contributed by atoms with Gasteiger partial charge in [0.1, 0.15) is 5.82 Å². The second kappa shape index (κ2) is 6.30. The van der Waals surface area contributed by atoms with Crippen LogP contribution in [0.4, 0.5) is 11.5 Å². The van der Waals surface area contributed by atoms with E-state index in [2.05, 4.69) is 10.3 Å².